The van der Waals surface area contributed by atoms with Crippen LogP contribution in [0.5, 0.6) is 0 Å². The van der Waals surface area contributed by atoms with Gasteiger partial charge in [-0.3, -0.25) is 9.36 Å². The van der Waals surface area contributed by atoms with Crippen molar-refractivity contribution in [1.29, 1.82) is 0 Å². The molecule has 7 heteroatoms. The van der Waals surface area contributed by atoms with Crippen LogP contribution in [-0.2, 0) is 19.0 Å². The molecule has 0 amide bonds. The Morgan fingerprint density at radius 1 is 1.12 bits per heavy atom. The number of anilines is 1. The van der Waals surface area contributed by atoms with Gasteiger partial charge in [0, 0.05) is 31.7 Å². The molecule has 3 aromatic heterocycles. The van der Waals surface area contributed by atoms with Crippen LogP contribution in [-0.4, -0.2) is 36.1 Å². The van der Waals surface area contributed by atoms with Gasteiger partial charge in [0.1, 0.15) is 11.6 Å². The Bertz CT molecular complexity index is 838. The summed E-state index contributed by atoms with van der Waals surface area (Å²) in [4.78, 5) is 9.42. The van der Waals surface area contributed by atoms with Crippen LogP contribution in [0.4, 0.5) is 5.82 Å². The van der Waals surface area contributed by atoms with Gasteiger partial charge in [-0.1, -0.05) is 20.8 Å². The summed E-state index contributed by atoms with van der Waals surface area (Å²) in [6, 6.07) is 0. The summed E-state index contributed by atoms with van der Waals surface area (Å²) in [7, 11) is 1.91. The second-order valence-corrected chi connectivity index (χ2v) is 7.21. The van der Waals surface area contributed by atoms with Crippen LogP contribution >= 0.6 is 0 Å². The zero-order valence-corrected chi connectivity index (χ0v) is 15.0. The van der Waals surface area contributed by atoms with E-state index in [1.165, 1.54) is 5.56 Å². The molecule has 0 aliphatic heterocycles. The molecule has 24 heavy (non-hydrogen) atoms. The van der Waals surface area contributed by atoms with E-state index in [1.54, 1.807) is 4.68 Å². The van der Waals surface area contributed by atoms with Gasteiger partial charge in [-0.2, -0.15) is 10.2 Å². The van der Waals surface area contributed by atoms with E-state index in [1.807, 2.05) is 24.1 Å². The standard InChI is InChI=1S/C17H25N7/c1-12-9-20-24(11-12)8-6-7-18-14-13-10-19-23(5)15(13)22-16(21-14)17(2,3)4/h9-11H,6-8H2,1-5H3,(H,18,21,22). The van der Waals surface area contributed by atoms with Crippen molar-refractivity contribution in [3.8, 4) is 0 Å². The molecule has 0 aliphatic rings. The van der Waals surface area contributed by atoms with Gasteiger partial charge in [0.25, 0.3) is 0 Å². The maximum Gasteiger partial charge on any atom is 0.163 e. The molecule has 0 atom stereocenters. The van der Waals surface area contributed by atoms with Crippen molar-refractivity contribution in [3.05, 3.63) is 30.0 Å². The molecule has 3 rings (SSSR count). The van der Waals surface area contributed by atoms with Crippen molar-refractivity contribution < 1.29 is 0 Å². The van der Waals surface area contributed by atoms with Gasteiger partial charge >= 0.3 is 0 Å². The Morgan fingerprint density at radius 2 is 1.92 bits per heavy atom. The Labute approximate surface area is 142 Å². The summed E-state index contributed by atoms with van der Waals surface area (Å²) in [5.74, 6) is 1.68. The predicted octanol–water partition coefficient (Wildman–Crippen LogP) is 2.67. The number of fused-ring (bicyclic) bond motifs is 1. The second kappa shape index (κ2) is 6.22. The summed E-state index contributed by atoms with van der Waals surface area (Å²) < 4.78 is 3.77. The first-order valence-electron chi connectivity index (χ1n) is 8.28. The van der Waals surface area contributed by atoms with Crippen LogP contribution in [0, 0.1) is 6.92 Å². The van der Waals surface area contributed by atoms with E-state index in [0.717, 1.165) is 42.2 Å². The second-order valence-electron chi connectivity index (χ2n) is 7.21. The van der Waals surface area contributed by atoms with E-state index in [4.69, 9.17) is 4.98 Å². The molecule has 7 nitrogen and oxygen atoms in total. The third-order valence-corrected chi connectivity index (χ3v) is 3.88. The lowest BCUT2D eigenvalue weighted by Gasteiger charge is -2.18. The molecule has 0 aliphatic carbocycles. The maximum atomic E-state index is 4.74. The van der Waals surface area contributed by atoms with Crippen molar-refractivity contribution in [2.24, 2.45) is 7.05 Å². The molecule has 0 unspecified atom stereocenters. The fourth-order valence-corrected chi connectivity index (χ4v) is 2.53. The predicted molar refractivity (Wildman–Crippen MR) is 95.1 cm³/mol. The number of aryl methyl sites for hydroxylation is 3. The molecule has 0 fully saturated rings. The highest BCUT2D eigenvalue weighted by molar-refractivity contribution is 5.86. The molecular weight excluding hydrogens is 302 g/mol. The Kier molecular flexibility index (Phi) is 4.26. The fraction of sp³-hybridized carbons (Fsp3) is 0.529. The third-order valence-electron chi connectivity index (χ3n) is 3.88. The number of nitrogens with one attached hydrogen (secondary N) is 1. The van der Waals surface area contributed by atoms with Crippen LogP contribution in [0.1, 0.15) is 38.6 Å². The van der Waals surface area contributed by atoms with Crippen molar-refractivity contribution in [2.45, 2.75) is 46.1 Å². The van der Waals surface area contributed by atoms with Gasteiger partial charge in [0.15, 0.2) is 5.65 Å². The van der Waals surface area contributed by atoms with E-state index < -0.39 is 0 Å². The smallest absolute Gasteiger partial charge is 0.163 e. The van der Waals surface area contributed by atoms with Crippen molar-refractivity contribution in [3.63, 3.8) is 0 Å². The minimum absolute atomic E-state index is 0.110. The normalized spacial score (nSPS) is 12.0. The van der Waals surface area contributed by atoms with Crippen LogP contribution in [0.15, 0.2) is 18.6 Å². The maximum absolute atomic E-state index is 4.74. The van der Waals surface area contributed by atoms with E-state index >= 15 is 0 Å². The van der Waals surface area contributed by atoms with Gasteiger partial charge in [-0.05, 0) is 18.9 Å². The first kappa shape index (κ1) is 16.4. The highest BCUT2D eigenvalue weighted by atomic mass is 15.3. The molecule has 1 N–H and O–H groups in total. The average molecular weight is 327 g/mol. The first-order valence-corrected chi connectivity index (χ1v) is 8.28. The molecular formula is C17H25N7. The lowest BCUT2D eigenvalue weighted by molar-refractivity contribution is 0.546. The molecule has 3 heterocycles. The third kappa shape index (κ3) is 3.39. The highest BCUT2D eigenvalue weighted by Gasteiger charge is 2.21. The Hall–Kier alpha value is -2.44. The molecule has 0 aromatic carbocycles. The summed E-state index contributed by atoms with van der Waals surface area (Å²) in [5.41, 5.74) is 1.94. The Morgan fingerprint density at radius 3 is 2.58 bits per heavy atom. The number of hydrogen-bond acceptors (Lipinski definition) is 5. The average Bonchev–Trinajstić information content (AvgIpc) is 3.09. The lowest BCUT2D eigenvalue weighted by atomic mass is 9.95. The van der Waals surface area contributed by atoms with Gasteiger partial charge < -0.3 is 5.32 Å². The zero-order valence-electron chi connectivity index (χ0n) is 15.0. The van der Waals surface area contributed by atoms with E-state index in [0.29, 0.717) is 0 Å². The highest BCUT2D eigenvalue weighted by Crippen LogP contribution is 2.25. The molecule has 0 radical (unpaired) electrons. The van der Waals surface area contributed by atoms with E-state index in [-0.39, 0.29) is 5.41 Å². The van der Waals surface area contributed by atoms with Crippen molar-refractivity contribution in [2.75, 3.05) is 11.9 Å². The first-order chi connectivity index (χ1) is 11.3. The molecule has 0 spiro atoms. The van der Waals surface area contributed by atoms with Crippen LogP contribution in [0.2, 0.25) is 0 Å². The number of nitrogens with zero attached hydrogens (tertiary/aromatic N) is 6. The molecule has 0 saturated carbocycles. The summed E-state index contributed by atoms with van der Waals surface area (Å²) in [6.45, 7) is 10.1. The van der Waals surface area contributed by atoms with Gasteiger partial charge in [-0.15, -0.1) is 0 Å². The Balaban J connectivity index is 1.75. The number of hydrogen-bond donors (Lipinski definition) is 1. The van der Waals surface area contributed by atoms with Crippen LogP contribution in [0.3, 0.4) is 0 Å². The minimum atomic E-state index is -0.110. The van der Waals surface area contributed by atoms with E-state index in [9.17, 15) is 0 Å². The molecule has 3 aromatic rings. The number of aromatic nitrogens is 6. The number of rotatable bonds is 5. The zero-order chi connectivity index (χ0) is 17.3. The summed E-state index contributed by atoms with van der Waals surface area (Å²) in [5, 5.41) is 13.0. The van der Waals surface area contributed by atoms with Crippen molar-refractivity contribution in [1.82, 2.24) is 29.5 Å². The van der Waals surface area contributed by atoms with Gasteiger partial charge in [0.05, 0.1) is 17.8 Å². The quantitative estimate of drug-likeness (QED) is 0.729. The SMILES string of the molecule is Cc1cnn(CCCNc2nc(C(C)(C)C)nc3c2cnn3C)c1. The monoisotopic (exact) mass is 327 g/mol. The van der Waals surface area contributed by atoms with Crippen LogP contribution < -0.4 is 5.32 Å². The van der Waals surface area contributed by atoms with E-state index in [2.05, 4.69) is 54.4 Å². The fourth-order valence-electron chi connectivity index (χ4n) is 2.53. The molecule has 0 saturated heterocycles. The minimum Gasteiger partial charge on any atom is -0.369 e. The summed E-state index contributed by atoms with van der Waals surface area (Å²) >= 11 is 0. The summed E-state index contributed by atoms with van der Waals surface area (Å²) in [6.07, 6.45) is 6.73. The topological polar surface area (TPSA) is 73.5 Å². The van der Waals surface area contributed by atoms with Crippen LogP contribution in [0.25, 0.3) is 11.0 Å². The largest absolute Gasteiger partial charge is 0.369 e. The molecule has 128 valence electrons. The molecule has 0 bridgehead atoms. The van der Waals surface area contributed by atoms with Gasteiger partial charge in [0.2, 0.25) is 0 Å². The lowest BCUT2D eigenvalue weighted by Crippen LogP contribution is -2.18. The van der Waals surface area contributed by atoms with Crippen molar-refractivity contribution >= 4 is 16.9 Å². The van der Waals surface area contributed by atoms with Gasteiger partial charge in [-0.25, -0.2) is 9.97 Å².